The molecule has 1 aliphatic rings. The lowest BCUT2D eigenvalue weighted by Crippen LogP contribution is -2.35. The molecular weight excluding hydrogens is 354 g/mol. The van der Waals surface area contributed by atoms with Crippen molar-refractivity contribution in [1.82, 2.24) is 9.88 Å². The van der Waals surface area contributed by atoms with E-state index in [1.54, 1.807) is 24.4 Å². The average Bonchev–Trinajstić information content (AvgIpc) is 2.71. The van der Waals surface area contributed by atoms with Gasteiger partial charge in [-0.05, 0) is 36.6 Å². The highest BCUT2D eigenvalue weighted by Gasteiger charge is 2.16. The van der Waals surface area contributed by atoms with Gasteiger partial charge in [-0.1, -0.05) is 30.3 Å². The first kappa shape index (κ1) is 18.4. The van der Waals surface area contributed by atoms with Crippen LogP contribution in [0.2, 0.25) is 0 Å². The van der Waals surface area contributed by atoms with Crippen LogP contribution in [0.15, 0.2) is 58.3 Å². The van der Waals surface area contributed by atoms with Gasteiger partial charge in [0.15, 0.2) is 0 Å². The van der Waals surface area contributed by atoms with Crippen molar-refractivity contribution in [3.05, 3.63) is 70.0 Å². The van der Waals surface area contributed by atoms with E-state index in [9.17, 15) is 15.0 Å². The standard InChI is InChI=1S/C22H23N3O3/c26-17-9-11-25(12-10-17)14-15-5-7-16(8-6-15)23-13-20-18-3-1-2-4-19(18)21(27)24-22(20)28/h1-8,13,17,26H,9-12,14H2,(H2,24,27,28). The highest BCUT2D eigenvalue weighted by Crippen LogP contribution is 2.22. The third kappa shape index (κ3) is 3.98. The fourth-order valence-electron chi connectivity index (χ4n) is 3.58. The topological polar surface area (TPSA) is 88.9 Å². The molecule has 3 aromatic rings. The molecule has 0 atom stereocenters. The van der Waals surface area contributed by atoms with Crippen LogP contribution in [0.25, 0.3) is 10.8 Å². The Morgan fingerprint density at radius 1 is 1.07 bits per heavy atom. The second-order valence-corrected chi connectivity index (χ2v) is 7.19. The van der Waals surface area contributed by atoms with Gasteiger partial charge in [-0.2, -0.15) is 0 Å². The summed E-state index contributed by atoms with van der Waals surface area (Å²) in [5, 5.41) is 20.9. The Labute approximate surface area is 162 Å². The van der Waals surface area contributed by atoms with Gasteiger partial charge in [-0.3, -0.25) is 19.7 Å². The van der Waals surface area contributed by atoms with Gasteiger partial charge in [0.25, 0.3) is 5.56 Å². The second kappa shape index (κ2) is 7.96. The van der Waals surface area contributed by atoms with Crippen molar-refractivity contribution in [2.45, 2.75) is 25.5 Å². The number of aromatic amines is 1. The number of aliphatic hydroxyl groups excluding tert-OH is 1. The summed E-state index contributed by atoms with van der Waals surface area (Å²) in [6.45, 7) is 2.70. The Kier molecular flexibility index (Phi) is 5.23. The maximum Gasteiger partial charge on any atom is 0.258 e. The molecule has 28 heavy (non-hydrogen) atoms. The first-order valence-electron chi connectivity index (χ1n) is 9.47. The zero-order valence-corrected chi connectivity index (χ0v) is 15.5. The number of rotatable bonds is 4. The first-order chi connectivity index (χ1) is 13.6. The van der Waals surface area contributed by atoms with Crippen molar-refractivity contribution in [2.75, 3.05) is 13.1 Å². The molecule has 0 bridgehead atoms. The SMILES string of the molecule is O=c1[nH]c(O)c(C=Nc2ccc(CN3CCC(O)CC3)cc2)c2ccccc12. The molecule has 0 spiro atoms. The van der Waals surface area contributed by atoms with Crippen LogP contribution in [0, 0.1) is 0 Å². The maximum atomic E-state index is 12.0. The number of aliphatic imine (C=N–C) groups is 1. The van der Waals surface area contributed by atoms with E-state index < -0.39 is 0 Å². The van der Waals surface area contributed by atoms with Gasteiger partial charge in [-0.25, -0.2) is 0 Å². The highest BCUT2D eigenvalue weighted by molar-refractivity contribution is 6.01. The van der Waals surface area contributed by atoms with E-state index in [-0.39, 0.29) is 17.5 Å². The van der Waals surface area contributed by atoms with Crippen LogP contribution in [-0.4, -0.2) is 45.5 Å². The van der Waals surface area contributed by atoms with E-state index in [1.165, 1.54) is 5.56 Å². The van der Waals surface area contributed by atoms with Gasteiger partial charge in [0.2, 0.25) is 5.88 Å². The molecule has 1 aliphatic heterocycles. The fraction of sp³-hybridized carbons (Fsp3) is 0.273. The number of benzene rings is 2. The average molecular weight is 377 g/mol. The predicted molar refractivity (Wildman–Crippen MR) is 110 cm³/mol. The molecule has 0 amide bonds. The number of piperidine rings is 1. The first-order valence-corrected chi connectivity index (χ1v) is 9.47. The Balaban J connectivity index is 1.51. The van der Waals surface area contributed by atoms with Gasteiger partial charge >= 0.3 is 0 Å². The molecule has 1 fully saturated rings. The number of hydrogen-bond donors (Lipinski definition) is 3. The number of aromatic nitrogens is 1. The Morgan fingerprint density at radius 2 is 1.75 bits per heavy atom. The molecule has 144 valence electrons. The number of H-pyrrole nitrogens is 1. The van der Waals surface area contributed by atoms with Crippen molar-refractivity contribution in [3.63, 3.8) is 0 Å². The number of hydrogen-bond acceptors (Lipinski definition) is 5. The largest absolute Gasteiger partial charge is 0.494 e. The lowest BCUT2D eigenvalue weighted by atomic mass is 10.1. The normalized spacial score (nSPS) is 16.2. The van der Waals surface area contributed by atoms with Crippen molar-refractivity contribution in [2.24, 2.45) is 4.99 Å². The molecule has 2 heterocycles. The summed E-state index contributed by atoms with van der Waals surface area (Å²) in [5.41, 5.74) is 2.14. The third-order valence-corrected chi connectivity index (χ3v) is 5.19. The zero-order chi connectivity index (χ0) is 19.5. The number of aromatic hydroxyl groups is 1. The van der Waals surface area contributed by atoms with E-state index >= 15 is 0 Å². The molecule has 0 aliphatic carbocycles. The van der Waals surface area contributed by atoms with Gasteiger partial charge < -0.3 is 10.2 Å². The molecule has 0 saturated carbocycles. The van der Waals surface area contributed by atoms with E-state index in [0.29, 0.717) is 16.3 Å². The predicted octanol–water partition coefficient (Wildman–Crippen LogP) is 2.94. The number of aliphatic hydroxyl groups is 1. The molecule has 1 saturated heterocycles. The van der Waals surface area contributed by atoms with Crippen LogP contribution in [-0.2, 0) is 6.54 Å². The number of nitrogens with one attached hydrogen (secondary N) is 1. The van der Waals surface area contributed by atoms with Crippen LogP contribution in [0.5, 0.6) is 5.88 Å². The molecular formula is C22H23N3O3. The molecule has 6 heteroatoms. The van der Waals surface area contributed by atoms with E-state index in [0.717, 1.165) is 38.2 Å². The molecule has 6 nitrogen and oxygen atoms in total. The number of fused-ring (bicyclic) bond motifs is 1. The quantitative estimate of drug-likeness (QED) is 0.610. The minimum absolute atomic E-state index is 0.159. The van der Waals surface area contributed by atoms with E-state index in [1.807, 2.05) is 30.3 Å². The summed E-state index contributed by atoms with van der Waals surface area (Å²) >= 11 is 0. The Hall–Kier alpha value is -2.96. The summed E-state index contributed by atoms with van der Waals surface area (Å²) in [4.78, 5) is 21.2. The number of pyridine rings is 1. The van der Waals surface area contributed by atoms with Gasteiger partial charge in [0, 0.05) is 36.6 Å². The van der Waals surface area contributed by atoms with E-state index in [2.05, 4.69) is 14.9 Å². The van der Waals surface area contributed by atoms with Gasteiger partial charge in [-0.15, -0.1) is 0 Å². The minimum Gasteiger partial charge on any atom is -0.494 e. The monoisotopic (exact) mass is 377 g/mol. The summed E-state index contributed by atoms with van der Waals surface area (Å²) in [6.07, 6.45) is 3.08. The zero-order valence-electron chi connectivity index (χ0n) is 15.5. The Morgan fingerprint density at radius 3 is 2.46 bits per heavy atom. The molecule has 4 rings (SSSR count). The molecule has 0 radical (unpaired) electrons. The van der Waals surface area contributed by atoms with Crippen LogP contribution in [0.1, 0.15) is 24.0 Å². The molecule has 0 unspecified atom stereocenters. The van der Waals surface area contributed by atoms with E-state index in [4.69, 9.17) is 0 Å². The second-order valence-electron chi connectivity index (χ2n) is 7.19. The molecule has 1 aromatic heterocycles. The highest BCUT2D eigenvalue weighted by atomic mass is 16.3. The molecule has 2 aromatic carbocycles. The number of likely N-dealkylation sites (tertiary alicyclic amines) is 1. The van der Waals surface area contributed by atoms with Crippen molar-refractivity contribution in [3.8, 4) is 5.88 Å². The van der Waals surface area contributed by atoms with Crippen LogP contribution in [0.3, 0.4) is 0 Å². The van der Waals surface area contributed by atoms with Crippen LogP contribution in [0.4, 0.5) is 5.69 Å². The summed E-state index contributed by atoms with van der Waals surface area (Å²) in [7, 11) is 0. The van der Waals surface area contributed by atoms with Gasteiger partial charge in [0.05, 0.1) is 17.4 Å². The van der Waals surface area contributed by atoms with Crippen LogP contribution >= 0.6 is 0 Å². The summed E-state index contributed by atoms with van der Waals surface area (Å²) in [5.74, 6) is -0.184. The molecule has 3 N–H and O–H groups in total. The van der Waals surface area contributed by atoms with Crippen molar-refractivity contribution in [1.29, 1.82) is 0 Å². The summed E-state index contributed by atoms with van der Waals surface area (Å²) in [6, 6.07) is 15.1. The van der Waals surface area contributed by atoms with Crippen molar-refractivity contribution >= 4 is 22.7 Å². The van der Waals surface area contributed by atoms with Crippen LogP contribution < -0.4 is 5.56 Å². The lowest BCUT2D eigenvalue weighted by Gasteiger charge is -2.29. The fourth-order valence-corrected chi connectivity index (χ4v) is 3.58. The number of nitrogens with zero attached hydrogens (tertiary/aromatic N) is 2. The smallest absolute Gasteiger partial charge is 0.258 e. The maximum absolute atomic E-state index is 12.0. The lowest BCUT2D eigenvalue weighted by molar-refractivity contribution is 0.0792. The van der Waals surface area contributed by atoms with Crippen molar-refractivity contribution < 1.29 is 10.2 Å². The minimum atomic E-state index is -0.320. The summed E-state index contributed by atoms with van der Waals surface area (Å²) < 4.78 is 0. The Bertz CT molecular complexity index is 1050. The van der Waals surface area contributed by atoms with Gasteiger partial charge in [0.1, 0.15) is 0 Å². The third-order valence-electron chi connectivity index (χ3n) is 5.19.